The normalized spacial score (nSPS) is 14.3. The molecule has 0 spiro atoms. The molecule has 2 unspecified atom stereocenters. The van der Waals surface area contributed by atoms with Gasteiger partial charge in [-0.1, -0.05) is 144 Å². The fraction of sp³-hybridized carbons (Fsp3) is 0.595. The van der Waals surface area contributed by atoms with Crippen molar-refractivity contribution in [3.05, 3.63) is 85.1 Å². The van der Waals surface area contributed by atoms with Crippen LogP contribution in [0.3, 0.4) is 0 Å². The molecule has 0 aliphatic heterocycles. The van der Waals surface area contributed by atoms with E-state index in [1.165, 1.54) is 51.4 Å². The number of aliphatic hydroxyl groups is 2. The van der Waals surface area contributed by atoms with E-state index in [2.05, 4.69) is 79.9 Å². The van der Waals surface area contributed by atoms with Crippen LogP contribution in [0.4, 0.5) is 0 Å². The van der Waals surface area contributed by atoms with Crippen molar-refractivity contribution in [1.29, 1.82) is 0 Å². The van der Waals surface area contributed by atoms with E-state index in [1.807, 2.05) is 18.2 Å². The first-order valence-corrected chi connectivity index (χ1v) is 16.3. The lowest BCUT2D eigenvalue weighted by atomic mass is 10.1. The van der Waals surface area contributed by atoms with E-state index < -0.39 is 12.1 Å². The summed E-state index contributed by atoms with van der Waals surface area (Å²) in [6.07, 6.45) is 46.8. The van der Waals surface area contributed by atoms with Crippen molar-refractivity contribution < 1.29 is 15.0 Å². The minimum atomic E-state index is -0.904. The number of carbonyl (C=O) groups is 1. The number of unbranched alkanes of at least 4 members (excludes halogenated alkanes) is 9. The Morgan fingerprint density at radius 1 is 0.610 bits per heavy atom. The molecule has 0 aromatic rings. The van der Waals surface area contributed by atoms with Gasteiger partial charge in [0.15, 0.2) is 0 Å². The zero-order chi connectivity index (χ0) is 30.1. The van der Waals surface area contributed by atoms with Crippen molar-refractivity contribution in [2.75, 3.05) is 6.61 Å². The minimum Gasteiger partial charge on any atom is -0.394 e. The Morgan fingerprint density at radius 2 is 1.10 bits per heavy atom. The Balaban J connectivity index is 3.92. The highest BCUT2D eigenvalue weighted by Gasteiger charge is 2.17. The van der Waals surface area contributed by atoms with E-state index in [0.29, 0.717) is 0 Å². The molecule has 0 saturated heterocycles. The summed E-state index contributed by atoms with van der Waals surface area (Å²) in [5, 5.41) is 22.7. The Hall–Kier alpha value is -2.43. The Labute approximate surface area is 252 Å². The third-order valence-corrected chi connectivity index (χ3v) is 6.64. The molecule has 0 aliphatic rings. The third kappa shape index (κ3) is 28.9. The number of amides is 1. The summed E-state index contributed by atoms with van der Waals surface area (Å²) in [4.78, 5) is 12.2. The van der Waals surface area contributed by atoms with Crippen molar-refractivity contribution in [2.45, 2.75) is 135 Å². The van der Waals surface area contributed by atoms with E-state index >= 15 is 0 Å². The molecule has 1 amide bonds. The third-order valence-electron chi connectivity index (χ3n) is 6.64. The molecule has 0 aromatic heterocycles. The van der Waals surface area contributed by atoms with Crippen molar-refractivity contribution in [3.8, 4) is 0 Å². The lowest BCUT2D eigenvalue weighted by Crippen LogP contribution is -2.44. The number of nitrogens with one attached hydrogen (secondary N) is 1. The molecule has 0 heterocycles. The summed E-state index contributed by atoms with van der Waals surface area (Å²) >= 11 is 0. The molecule has 0 bridgehead atoms. The van der Waals surface area contributed by atoms with Crippen molar-refractivity contribution in [1.82, 2.24) is 5.32 Å². The molecule has 0 rings (SSSR count). The number of allylic oxidation sites excluding steroid dienone is 12. The smallest absolute Gasteiger partial charge is 0.224 e. The second kappa shape index (κ2) is 32.1. The highest BCUT2D eigenvalue weighted by Crippen LogP contribution is 2.10. The maximum absolute atomic E-state index is 12.2. The molecule has 0 saturated carbocycles. The summed E-state index contributed by atoms with van der Waals surface area (Å²) in [5.74, 6) is -0.207. The number of hydrogen-bond acceptors (Lipinski definition) is 3. The van der Waals surface area contributed by atoms with Crippen LogP contribution in [-0.4, -0.2) is 34.9 Å². The van der Waals surface area contributed by atoms with Gasteiger partial charge in [-0.05, 0) is 57.8 Å². The van der Waals surface area contributed by atoms with Crippen molar-refractivity contribution in [3.63, 3.8) is 0 Å². The van der Waals surface area contributed by atoms with Crippen LogP contribution in [0.15, 0.2) is 85.1 Å². The molecule has 2 atom stereocenters. The highest BCUT2D eigenvalue weighted by atomic mass is 16.3. The average Bonchev–Trinajstić information content (AvgIpc) is 2.97. The predicted octanol–water partition coefficient (Wildman–Crippen LogP) is 9.39. The van der Waals surface area contributed by atoms with Gasteiger partial charge in [0, 0.05) is 6.42 Å². The quantitative estimate of drug-likeness (QED) is 0.0684. The van der Waals surface area contributed by atoms with Gasteiger partial charge >= 0.3 is 0 Å². The van der Waals surface area contributed by atoms with Gasteiger partial charge in [-0.2, -0.15) is 0 Å². The minimum absolute atomic E-state index is 0.207. The Bertz CT molecular complexity index is 788. The summed E-state index contributed by atoms with van der Waals surface area (Å²) in [6.45, 7) is 4.09. The van der Waals surface area contributed by atoms with Gasteiger partial charge in [-0.15, -0.1) is 0 Å². The SMILES string of the molecule is CC/C=C\C/C=C\C/C=C\C/C=C\C/C=C\CC(=O)NC(CO)C(O)/C=C/CC/C=C/CCCCCCCCCC. The van der Waals surface area contributed by atoms with Gasteiger partial charge in [-0.3, -0.25) is 4.79 Å². The van der Waals surface area contributed by atoms with Crippen LogP contribution in [0.5, 0.6) is 0 Å². The van der Waals surface area contributed by atoms with E-state index in [9.17, 15) is 15.0 Å². The molecule has 0 fully saturated rings. The van der Waals surface area contributed by atoms with E-state index in [4.69, 9.17) is 0 Å². The van der Waals surface area contributed by atoms with Crippen LogP contribution >= 0.6 is 0 Å². The lowest BCUT2D eigenvalue weighted by molar-refractivity contribution is -0.122. The van der Waals surface area contributed by atoms with Gasteiger partial charge in [0.05, 0.1) is 18.8 Å². The zero-order valence-corrected chi connectivity index (χ0v) is 26.3. The van der Waals surface area contributed by atoms with Gasteiger partial charge in [-0.25, -0.2) is 0 Å². The molecule has 0 radical (unpaired) electrons. The lowest BCUT2D eigenvalue weighted by Gasteiger charge is -2.19. The fourth-order valence-electron chi connectivity index (χ4n) is 4.14. The second-order valence-corrected chi connectivity index (χ2v) is 10.5. The molecular formula is C37H61NO3. The first-order valence-electron chi connectivity index (χ1n) is 16.3. The van der Waals surface area contributed by atoms with E-state index in [1.54, 1.807) is 6.08 Å². The van der Waals surface area contributed by atoms with Gasteiger partial charge in [0.25, 0.3) is 0 Å². The molecule has 0 aliphatic carbocycles. The monoisotopic (exact) mass is 567 g/mol. The van der Waals surface area contributed by atoms with Crippen LogP contribution < -0.4 is 5.32 Å². The molecular weight excluding hydrogens is 506 g/mol. The van der Waals surface area contributed by atoms with Crippen LogP contribution in [0.1, 0.15) is 123 Å². The van der Waals surface area contributed by atoms with Crippen LogP contribution in [0.2, 0.25) is 0 Å². The van der Waals surface area contributed by atoms with E-state index in [0.717, 1.165) is 51.4 Å². The van der Waals surface area contributed by atoms with Crippen molar-refractivity contribution >= 4 is 5.91 Å². The Kier molecular flexibility index (Phi) is 30.2. The first-order chi connectivity index (χ1) is 20.2. The van der Waals surface area contributed by atoms with Gasteiger partial charge in [0.2, 0.25) is 5.91 Å². The van der Waals surface area contributed by atoms with Gasteiger partial charge < -0.3 is 15.5 Å². The largest absolute Gasteiger partial charge is 0.394 e. The number of rotatable bonds is 27. The Morgan fingerprint density at radius 3 is 1.66 bits per heavy atom. The maximum atomic E-state index is 12.2. The maximum Gasteiger partial charge on any atom is 0.224 e. The summed E-state index contributed by atoms with van der Waals surface area (Å²) in [6, 6.07) is -0.695. The molecule has 4 heteroatoms. The molecule has 3 N–H and O–H groups in total. The van der Waals surface area contributed by atoms with Crippen LogP contribution in [0.25, 0.3) is 0 Å². The number of carbonyl (C=O) groups excluding carboxylic acids is 1. The zero-order valence-electron chi connectivity index (χ0n) is 26.3. The van der Waals surface area contributed by atoms with Crippen LogP contribution in [0, 0.1) is 0 Å². The van der Waals surface area contributed by atoms with Crippen molar-refractivity contribution in [2.24, 2.45) is 0 Å². The van der Waals surface area contributed by atoms with E-state index in [-0.39, 0.29) is 18.9 Å². The summed E-state index contributed by atoms with van der Waals surface area (Å²) < 4.78 is 0. The number of hydrogen-bond donors (Lipinski definition) is 3. The predicted molar refractivity (Wildman–Crippen MR) is 179 cm³/mol. The molecule has 0 aromatic carbocycles. The molecule has 232 valence electrons. The highest BCUT2D eigenvalue weighted by molar-refractivity contribution is 5.77. The summed E-state index contributed by atoms with van der Waals surface area (Å²) in [5.41, 5.74) is 0. The van der Waals surface area contributed by atoms with Gasteiger partial charge in [0.1, 0.15) is 0 Å². The van der Waals surface area contributed by atoms with Crippen LogP contribution in [-0.2, 0) is 4.79 Å². The fourth-order valence-corrected chi connectivity index (χ4v) is 4.14. The average molecular weight is 568 g/mol. The first kappa shape index (κ1) is 38.6. The second-order valence-electron chi connectivity index (χ2n) is 10.5. The molecule has 4 nitrogen and oxygen atoms in total. The standard InChI is InChI=1S/C37H61NO3/c1-3-5-7-9-11-13-15-17-19-21-23-25-27-29-31-33-37(41)38-35(34-39)36(40)32-30-28-26-24-22-20-18-16-14-12-10-8-6-4-2/h5,7,11,13,17,19,22-25,29-32,35-36,39-40H,3-4,6,8-10,12,14-16,18,20-21,26-28,33-34H2,1-2H3,(H,38,41)/b7-5-,13-11-,19-17-,24-22+,25-23-,31-29-,32-30+. The summed E-state index contributed by atoms with van der Waals surface area (Å²) in [7, 11) is 0. The number of aliphatic hydroxyl groups excluding tert-OH is 2. The topological polar surface area (TPSA) is 69.6 Å². The molecule has 41 heavy (non-hydrogen) atoms.